The molecule has 4 rings (SSSR count). The second kappa shape index (κ2) is 5.23. The molecule has 1 aromatic heterocycles. The van der Waals surface area contributed by atoms with E-state index < -0.39 is 23.0 Å². The van der Waals surface area contributed by atoms with Crippen molar-refractivity contribution in [3.8, 4) is 16.8 Å². The molecule has 0 radical (unpaired) electrons. The first-order chi connectivity index (χ1) is 12.2. The summed E-state index contributed by atoms with van der Waals surface area (Å²) in [5.41, 5.74) is 5.09. The van der Waals surface area contributed by atoms with E-state index in [1.807, 2.05) is 13.8 Å². The highest BCUT2D eigenvalue weighted by atomic mass is 19.1. The van der Waals surface area contributed by atoms with Crippen LogP contribution in [0.1, 0.15) is 25.5 Å². The molecule has 1 aliphatic rings. The maximum absolute atomic E-state index is 15.4. The number of rotatable bonds is 1. The van der Waals surface area contributed by atoms with Gasteiger partial charge in [0.15, 0.2) is 11.6 Å². The normalized spacial score (nSPS) is 14.5. The highest BCUT2D eigenvalue weighted by Gasteiger charge is 2.37. The number of nitrogens with zero attached hydrogens (tertiary/aromatic N) is 3. The Labute approximate surface area is 147 Å². The Bertz CT molecular complexity index is 1040. The third-order valence-electron chi connectivity index (χ3n) is 4.46. The highest BCUT2D eigenvalue weighted by Crippen LogP contribution is 2.42. The molecular formula is C18H16F3N5. The third kappa shape index (κ3) is 2.25. The van der Waals surface area contributed by atoms with Crippen molar-refractivity contribution >= 4 is 11.4 Å². The van der Waals surface area contributed by atoms with E-state index in [9.17, 15) is 8.78 Å². The van der Waals surface area contributed by atoms with E-state index in [1.54, 1.807) is 11.5 Å². The monoisotopic (exact) mass is 359 g/mol. The summed E-state index contributed by atoms with van der Waals surface area (Å²) in [6.45, 7) is 5.37. The lowest BCUT2D eigenvalue weighted by Crippen LogP contribution is -2.36. The van der Waals surface area contributed by atoms with Gasteiger partial charge in [-0.05, 0) is 50.6 Å². The Morgan fingerprint density at radius 3 is 2.50 bits per heavy atom. The van der Waals surface area contributed by atoms with Crippen LogP contribution in [-0.2, 0) is 5.54 Å². The average molecular weight is 359 g/mol. The lowest BCUT2D eigenvalue weighted by molar-refractivity contribution is 0.517. The molecule has 3 aromatic rings. The maximum Gasteiger partial charge on any atom is 0.162 e. The first-order valence-electron chi connectivity index (χ1n) is 7.98. The number of aromatic nitrogens is 3. The smallest absolute Gasteiger partial charge is 0.162 e. The number of hydrogen-bond donors (Lipinski definition) is 2. The van der Waals surface area contributed by atoms with E-state index in [0.29, 0.717) is 11.6 Å². The molecule has 0 unspecified atom stereocenters. The Morgan fingerprint density at radius 2 is 1.81 bits per heavy atom. The average Bonchev–Trinajstić information content (AvgIpc) is 2.88. The molecule has 0 spiro atoms. The van der Waals surface area contributed by atoms with Crippen molar-refractivity contribution in [1.29, 1.82) is 0 Å². The molecule has 0 saturated heterocycles. The molecule has 134 valence electrons. The molecule has 0 atom stereocenters. The fourth-order valence-electron chi connectivity index (χ4n) is 3.37. The predicted molar refractivity (Wildman–Crippen MR) is 92.5 cm³/mol. The van der Waals surface area contributed by atoms with Crippen molar-refractivity contribution in [3.63, 3.8) is 0 Å². The van der Waals surface area contributed by atoms with Crippen LogP contribution in [0.25, 0.3) is 16.8 Å². The number of benzene rings is 2. The molecule has 1 aliphatic heterocycles. The minimum absolute atomic E-state index is 0.0254. The van der Waals surface area contributed by atoms with Crippen molar-refractivity contribution < 1.29 is 13.2 Å². The lowest BCUT2D eigenvalue weighted by Gasteiger charge is -2.34. The van der Waals surface area contributed by atoms with Gasteiger partial charge in [0.1, 0.15) is 23.1 Å². The van der Waals surface area contributed by atoms with E-state index in [1.165, 1.54) is 12.1 Å². The van der Waals surface area contributed by atoms with Gasteiger partial charge in [-0.2, -0.15) is 0 Å². The van der Waals surface area contributed by atoms with Crippen LogP contribution in [0.2, 0.25) is 0 Å². The van der Waals surface area contributed by atoms with Gasteiger partial charge in [0.25, 0.3) is 0 Å². The number of nitrogens with one attached hydrogen (secondary N) is 1. The fourth-order valence-corrected chi connectivity index (χ4v) is 3.37. The van der Waals surface area contributed by atoms with E-state index in [2.05, 4.69) is 15.5 Å². The van der Waals surface area contributed by atoms with Gasteiger partial charge in [-0.15, -0.1) is 10.2 Å². The molecule has 0 saturated carbocycles. The van der Waals surface area contributed by atoms with Crippen LogP contribution in [0, 0.1) is 24.4 Å². The largest absolute Gasteiger partial charge is 0.399 e. The van der Waals surface area contributed by atoms with Crippen LogP contribution in [0.5, 0.6) is 0 Å². The number of nitrogens with two attached hydrogens (primary N) is 1. The molecule has 0 fully saturated rings. The van der Waals surface area contributed by atoms with Crippen molar-refractivity contribution in [3.05, 3.63) is 53.4 Å². The van der Waals surface area contributed by atoms with Crippen LogP contribution in [0.15, 0.2) is 24.3 Å². The molecule has 2 heterocycles. The molecule has 3 N–H and O–H groups in total. The Morgan fingerprint density at radius 1 is 1.08 bits per heavy atom. The van der Waals surface area contributed by atoms with Gasteiger partial charge in [0.2, 0.25) is 0 Å². The van der Waals surface area contributed by atoms with Gasteiger partial charge < -0.3 is 11.1 Å². The van der Waals surface area contributed by atoms with Crippen molar-refractivity contribution in [2.24, 2.45) is 0 Å². The molecule has 5 nitrogen and oxygen atoms in total. The Hall–Kier alpha value is -3.03. The van der Waals surface area contributed by atoms with Gasteiger partial charge >= 0.3 is 0 Å². The Kier molecular flexibility index (Phi) is 3.31. The number of nitrogen functional groups attached to an aromatic ring is 1. The van der Waals surface area contributed by atoms with E-state index in [4.69, 9.17) is 5.73 Å². The molecule has 0 aliphatic carbocycles. The predicted octanol–water partition coefficient (Wildman–Crippen LogP) is 3.90. The van der Waals surface area contributed by atoms with E-state index in [-0.39, 0.29) is 28.2 Å². The fraction of sp³-hybridized carbons (Fsp3) is 0.222. The van der Waals surface area contributed by atoms with Gasteiger partial charge in [-0.1, -0.05) is 0 Å². The van der Waals surface area contributed by atoms with Gasteiger partial charge in [-0.3, -0.25) is 4.57 Å². The van der Waals surface area contributed by atoms with Crippen LogP contribution in [-0.4, -0.2) is 14.8 Å². The number of aryl methyl sites for hydroxylation is 1. The number of fused-ring (bicyclic) bond motifs is 3. The standard InChI is InChI=1S/C18H16F3N5/c1-8-24-25-17-18(2,3)23-13-7-12(20)14(15(21)16(13)26(8)17)9-4-10(19)6-11(22)5-9/h4-7,23H,22H2,1-3H3. The minimum Gasteiger partial charge on any atom is -0.399 e. The summed E-state index contributed by atoms with van der Waals surface area (Å²) in [7, 11) is 0. The summed E-state index contributed by atoms with van der Waals surface area (Å²) >= 11 is 0. The van der Waals surface area contributed by atoms with Crippen molar-refractivity contribution in [2.45, 2.75) is 26.3 Å². The summed E-state index contributed by atoms with van der Waals surface area (Å²) in [5, 5.41) is 11.2. The quantitative estimate of drug-likeness (QED) is 0.647. The van der Waals surface area contributed by atoms with Gasteiger partial charge in [0.05, 0.1) is 16.8 Å². The lowest BCUT2D eigenvalue weighted by atomic mass is 9.96. The van der Waals surface area contributed by atoms with Crippen molar-refractivity contribution in [2.75, 3.05) is 11.1 Å². The molecule has 26 heavy (non-hydrogen) atoms. The van der Waals surface area contributed by atoms with Gasteiger partial charge in [0, 0.05) is 5.69 Å². The second-order valence-corrected chi connectivity index (χ2v) is 6.87. The van der Waals surface area contributed by atoms with E-state index >= 15 is 4.39 Å². The highest BCUT2D eigenvalue weighted by molar-refractivity contribution is 5.78. The molecule has 2 aromatic carbocycles. The second-order valence-electron chi connectivity index (χ2n) is 6.87. The third-order valence-corrected chi connectivity index (χ3v) is 4.46. The maximum atomic E-state index is 15.4. The van der Waals surface area contributed by atoms with Crippen LogP contribution >= 0.6 is 0 Å². The summed E-state index contributed by atoms with van der Waals surface area (Å²) in [6, 6.07) is 4.66. The first-order valence-corrected chi connectivity index (χ1v) is 7.98. The minimum atomic E-state index is -0.836. The zero-order valence-electron chi connectivity index (χ0n) is 14.4. The topological polar surface area (TPSA) is 68.8 Å². The van der Waals surface area contributed by atoms with Crippen molar-refractivity contribution in [1.82, 2.24) is 14.8 Å². The number of hydrogen-bond acceptors (Lipinski definition) is 4. The zero-order chi connectivity index (χ0) is 18.8. The number of anilines is 2. The van der Waals surface area contributed by atoms with Crippen LogP contribution in [0.4, 0.5) is 24.5 Å². The summed E-state index contributed by atoms with van der Waals surface area (Å²) in [5.74, 6) is -1.36. The molecule has 0 amide bonds. The summed E-state index contributed by atoms with van der Waals surface area (Å²) in [4.78, 5) is 0. The van der Waals surface area contributed by atoms with Crippen LogP contribution in [0.3, 0.4) is 0 Å². The molecule has 0 bridgehead atoms. The Balaban J connectivity index is 2.05. The van der Waals surface area contributed by atoms with E-state index in [0.717, 1.165) is 12.1 Å². The summed E-state index contributed by atoms with van der Waals surface area (Å²) < 4.78 is 45.4. The summed E-state index contributed by atoms with van der Waals surface area (Å²) in [6.07, 6.45) is 0. The number of halogens is 3. The first kappa shape index (κ1) is 16.4. The zero-order valence-corrected chi connectivity index (χ0v) is 14.4. The van der Waals surface area contributed by atoms with Gasteiger partial charge in [-0.25, -0.2) is 13.2 Å². The van der Waals surface area contributed by atoms with Crippen LogP contribution < -0.4 is 11.1 Å². The molecule has 8 heteroatoms. The molecular weight excluding hydrogens is 343 g/mol. The SMILES string of the molecule is Cc1nnc2n1-c1c(cc(F)c(-c3cc(N)cc(F)c3)c1F)NC2(C)C.